The molecule has 4 nitrogen and oxygen atoms in total. The maximum atomic E-state index is 12.3. The summed E-state index contributed by atoms with van der Waals surface area (Å²) < 4.78 is 5.73. The fraction of sp³-hybridized carbons (Fsp3) is 0.0476. The van der Waals surface area contributed by atoms with Gasteiger partial charge in [-0.05, 0) is 48.6 Å². The molecule has 0 spiro atoms. The molecule has 0 aliphatic heterocycles. The number of benzene rings is 2. The normalized spacial score (nSPS) is 10.8. The molecule has 0 radical (unpaired) electrons. The molecule has 0 aliphatic carbocycles. The van der Waals surface area contributed by atoms with Crippen LogP contribution < -0.4 is 5.32 Å². The van der Waals surface area contributed by atoms with Crippen LogP contribution in [0.1, 0.15) is 23.0 Å². The number of allylic oxidation sites excluding steroid dienone is 1. The zero-order chi connectivity index (χ0) is 18.5. The van der Waals surface area contributed by atoms with Crippen molar-refractivity contribution >= 4 is 35.1 Å². The van der Waals surface area contributed by atoms with Gasteiger partial charge in [-0.2, -0.15) is 0 Å². The average Bonchev–Trinajstić information content (AvgIpc) is 3.08. The molecule has 2 aromatic carbocycles. The lowest BCUT2D eigenvalue weighted by Crippen LogP contribution is -2.06. The Hall–Kier alpha value is -3.11. The van der Waals surface area contributed by atoms with Crippen molar-refractivity contribution in [1.29, 1.82) is 0 Å². The second-order valence-corrected chi connectivity index (χ2v) is 6.11. The van der Waals surface area contributed by atoms with Gasteiger partial charge in [0.25, 0.3) is 0 Å². The van der Waals surface area contributed by atoms with Crippen LogP contribution in [-0.4, -0.2) is 11.7 Å². The zero-order valence-corrected chi connectivity index (χ0v) is 14.8. The van der Waals surface area contributed by atoms with Gasteiger partial charge in [0.2, 0.25) is 5.91 Å². The molecule has 5 heteroatoms. The molecule has 0 bridgehead atoms. The number of nitrogens with one attached hydrogen (secondary N) is 1. The number of furan rings is 1. The number of halogens is 1. The first-order valence-corrected chi connectivity index (χ1v) is 8.35. The summed E-state index contributed by atoms with van der Waals surface area (Å²) in [6.45, 7) is 1.42. The Bertz CT molecular complexity index is 988. The number of hydrogen-bond acceptors (Lipinski definition) is 3. The van der Waals surface area contributed by atoms with Gasteiger partial charge < -0.3 is 9.73 Å². The van der Waals surface area contributed by atoms with Crippen molar-refractivity contribution in [2.75, 3.05) is 5.32 Å². The van der Waals surface area contributed by atoms with E-state index in [1.807, 2.05) is 24.3 Å². The summed E-state index contributed by atoms with van der Waals surface area (Å²) in [4.78, 5) is 23.4. The number of ketones is 1. The average molecular weight is 366 g/mol. The monoisotopic (exact) mass is 365 g/mol. The first-order chi connectivity index (χ1) is 12.5. The van der Waals surface area contributed by atoms with Crippen LogP contribution in [0.4, 0.5) is 5.69 Å². The molecule has 130 valence electrons. The van der Waals surface area contributed by atoms with Crippen molar-refractivity contribution in [2.24, 2.45) is 0 Å². The molecule has 1 heterocycles. The van der Waals surface area contributed by atoms with Gasteiger partial charge in [-0.15, -0.1) is 0 Å². The lowest BCUT2D eigenvalue weighted by molar-refractivity contribution is -0.114. The maximum absolute atomic E-state index is 12.3. The minimum atomic E-state index is -0.186. The second-order valence-electron chi connectivity index (χ2n) is 5.67. The molecule has 0 aliphatic rings. The van der Waals surface area contributed by atoms with Crippen LogP contribution >= 0.6 is 11.6 Å². The summed E-state index contributed by atoms with van der Waals surface area (Å²) >= 11 is 5.99. The number of hydrogen-bond donors (Lipinski definition) is 1. The van der Waals surface area contributed by atoms with Crippen LogP contribution in [0.15, 0.2) is 71.2 Å². The van der Waals surface area contributed by atoms with E-state index in [1.54, 1.807) is 42.5 Å². The molecule has 26 heavy (non-hydrogen) atoms. The number of carbonyl (C=O) groups excluding carboxylic acids is 2. The van der Waals surface area contributed by atoms with Crippen molar-refractivity contribution < 1.29 is 14.0 Å². The SMILES string of the molecule is CC(=O)Nc1cccc(C(=O)/C=C/c2ccc(-c3cccc(Cl)c3)o2)c1. The Labute approximate surface area is 156 Å². The standard InChI is InChI=1S/C21H16ClNO3/c1-14(24)23-18-7-3-4-15(13-18)20(25)10-8-19-9-11-21(26-19)16-5-2-6-17(22)12-16/h2-13H,1H3,(H,23,24)/b10-8+. The van der Waals surface area contributed by atoms with Crippen LogP contribution in [-0.2, 0) is 4.79 Å². The van der Waals surface area contributed by atoms with Gasteiger partial charge in [0, 0.05) is 28.8 Å². The molecule has 3 rings (SSSR count). The van der Waals surface area contributed by atoms with Crippen molar-refractivity contribution in [1.82, 2.24) is 0 Å². The summed E-state index contributed by atoms with van der Waals surface area (Å²) in [6, 6.07) is 17.7. The molecular weight excluding hydrogens is 350 g/mol. The Balaban J connectivity index is 1.74. The molecule has 0 atom stereocenters. The van der Waals surface area contributed by atoms with E-state index in [4.69, 9.17) is 16.0 Å². The third kappa shape index (κ3) is 4.49. The number of anilines is 1. The van der Waals surface area contributed by atoms with Crippen molar-refractivity contribution in [2.45, 2.75) is 6.92 Å². The van der Waals surface area contributed by atoms with Crippen molar-refractivity contribution in [3.63, 3.8) is 0 Å². The quantitative estimate of drug-likeness (QED) is 0.482. The van der Waals surface area contributed by atoms with E-state index in [0.29, 0.717) is 27.8 Å². The number of carbonyl (C=O) groups is 2. The van der Waals surface area contributed by atoms with E-state index in [9.17, 15) is 9.59 Å². The van der Waals surface area contributed by atoms with Gasteiger partial charge >= 0.3 is 0 Å². The largest absolute Gasteiger partial charge is 0.457 e. The minimum Gasteiger partial charge on any atom is -0.457 e. The molecule has 1 aromatic heterocycles. The van der Waals surface area contributed by atoms with Crippen LogP contribution in [0.25, 0.3) is 17.4 Å². The fourth-order valence-electron chi connectivity index (χ4n) is 2.45. The molecule has 0 saturated carbocycles. The first kappa shape index (κ1) is 17.7. The topological polar surface area (TPSA) is 59.3 Å². The Morgan fingerprint density at radius 2 is 1.85 bits per heavy atom. The van der Waals surface area contributed by atoms with E-state index in [1.165, 1.54) is 13.0 Å². The van der Waals surface area contributed by atoms with Gasteiger partial charge in [-0.3, -0.25) is 9.59 Å². The highest BCUT2D eigenvalue weighted by atomic mass is 35.5. The van der Waals surface area contributed by atoms with Crippen molar-refractivity contribution in [3.05, 3.63) is 83.1 Å². The summed E-state index contributed by atoms with van der Waals surface area (Å²) in [7, 11) is 0. The highest BCUT2D eigenvalue weighted by Crippen LogP contribution is 2.25. The van der Waals surface area contributed by atoms with E-state index in [0.717, 1.165) is 5.56 Å². The summed E-state index contributed by atoms with van der Waals surface area (Å²) in [5.41, 5.74) is 1.93. The highest BCUT2D eigenvalue weighted by Gasteiger charge is 2.06. The minimum absolute atomic E-state index is 0.182. The van der Waals surface area contributed by atoms with E-state index in [-0.39, 0.29) is 11.7 Å². The van der Waals surface area contributed by atoms with E-state index in [2.05, 4.69) is 5.32 Å². The molecule has 0 unspecified atom stereocenters. The third-order valence-electron chi connectivity index (χ3n) is 3.60. The summed E-state index contributed by atoms with van der Waals surface area (Å²) in [6.07, 6.45) is 3.05. The van der Waals surface area contributed by atoms with Gasteiger partial charge in [0.1, 0.15) is 11.5 Å². The van der Waals surface area contributed by atoms with Crippen LogP contribution in [0.3, 0.4) is 0 Å². The van der Waals surface area contributed by atoms with Gasteiger partial charge in [0.15, 0.2) is 5.78 Å². The zero-order valence-electron chi connectivity index (χ0n) is 14.0. The highest BCUT2D eigenvalue weighted by molar-refractivity contribution is 6.30. The number of rotatable bonds is 5. The Kier molecular flexibility index (Phi) is 5.34. The lowest BCUT2D eigenvalue weighted by Gasteiger charge is -2.03. The van der Waals surface area contributed by atoms with Crippen LogP contribution in [0.5, 0.6) is 0 Å². The van der Waals surface area contributed by atoms with Crippen LogP contribution in [0, 0.1) is 0 Å². The summed E-state index contributed by atoms with van der Waals surface area (Å²) in [5, 5.41) is 3.29. The predicted octanol–water partition coefficient (Wildman–Crippen LogP) is 5.45. The molecule has 1 N–H and O–H groups in total. The molecular formula is C21H16ClNO3. The van der Waals surface area contributed by atoms with E-state index >= 15 is 0 Å². The third-order valence-corrected chi connectivity index (χ3v) is 3.84. The maximum Gasteiger partial charge on any atom is 0.221 e. The van der Waals surface area contributed by atoms with Crippen LogP contribution in [0.2, 0.25) is 5.02 Å². The first-order valence-electron chi connectivity index (χ1n) is 7.97. The number of amides is 1. The molecule has 0 fully saturated rings. The van der Waals surface area contributed by atoms with E-state index < -0.39 is 0 Å². The smallest absolute Gasteiger partial charge is 0.221 e. The Morgan fingerprint density at radius 3 is 2.62 bits per heavy atom. The molecule has 1 amide bonds. The summed E-state index contributed by atoms with van der Waals surface area (Å²) in [5.74, 6) is 0.866. The Morgan fingerprint density at radius 1 is 1.04 bits per heavy atom. The fourth-order valence-corrected chi connectivity index (χ4v) is 2.64. The molecule has 3 aromatic rings. The second kappa shape index (κ2) is 7.85. The van der Waals surface area contributed by atoms with Gasteiger partial charge in [0.05, 0.1) is 0 Å². The molecule has 0 saturated heterocycles. The van der Waals surface area contributed by atoms with Crippen molar-refractivity contribution in [3.8, 4) is 11.3 Å². The lowest BCUT2D eigenvalue weighted by atomic mass is 10.1. The van der Waals surface area contributed by atoms with Gasteiger partial charge in [-0.25, -0.2) is 0 Å². The van der Waals surface area contributed by atoms with Gasteiger partial charge in [-0.1, -0.05) is 35.9 Å². The predicted molar refractivity (Wildman–Crippen MR) is 103 cm³/mol.